The summed E-state index contributed by atoms with van der Waals surface area (Å²) < 4.78 is 8.83. The molecule has 1 aliphatic rings. The van der Waals surface area contributed by atoms with Crippen molar-refractivity contribution in [3.05, 3.63) is 12.7 Å². The third-order valence-corrected chi connectivity index (χ3v) is 0.996. The van der Waals surface area contributed by atoms with E-state index in [2.05, 4.69) is 21.8 Å². The molecule has 0 spiro atoms. The molecule has 1 aliphatic heterocycles. The molecule has 74 valence electrons. The minimum absolute atomic E-state index is 0.0334. The Hall–Kier alpha value is -1.56. The van der Waals surface area contributed by atoms with Gasteiger partial charge < -0.3 is 20.3 Å². The minimum Gasteiger partial charge on any atom is -0.450 e. The Bertz CT molecular complexity index is 199. The Labute approximate surface area is 74.9 Å². The third kappa shape index (κ3) is 10.4. The summed E-state index contributed by atoms with van der Waals surface area (Å²) in [5.74, 6) is -0.481. The van der Waals surface area contributed by atoms with E-state index in [-0.39, 0.29) is 12.7 Å². The number of carbonyl (C=O) groups is 2. The Morgan fingerprint density at radius 3 is 2.46 bits per heavy atom. The molecule has 0 bridgehead atoms. The lowest BCUT2D eigenvalue weighted by Gasteiger charge is -1.91. The number of carboxylic acid groups (broad SMARTS) is 1. The largest absolute Gasteiger partial charge is 0.505 e. The normalized spacial score (nSPS) is 17.7. The number of rotatable bonds is 3. The Morgan fingerprint density at radius 1 is 1.77 bits per heavy atom. The fourth-order valence-electron chi connectivity index (χ4n) is 0.329. The molecule has 0 aliphatic carbocycles. The monoisotopic (exact) mass is 189 g/mol. The summed E-state index contributed by atoms with van der Waals surface area (Å²) >= 11 is 0. The molecular weight excluding hydrogens is 178 g/mol. The summed E-state index contributed by atoms with van der Waals surface area (Å²) in [5, 5.41) is 7.91. The van der Waals surface area contributed by atoms with Crippen LogP contribution in [0.5, 0.6) is 0 Å². The highest BCUT2D eigenvalue weighted by molar-refractivity contribution is 5.84. The fraction of sp³-hybridized carbons (Fsp3) is 0.429. The molecule has 1 unspecified atom stereocenters. The molecule has 6 heteroatoms. The molecule has 13 heavy (non-hydrogen) atoms. The number of carbonyl (C=O) groups excluding carboxylic acids is 1. The molecule has 0 aromatic rings. The molecule has 3 N–H and O–H groups in total. The first-order chi connectivity index (χ1) is 6.06. The zero-order valence-corrected chi connectivity index (χ0v) is 6.93. The highest BCUT2D eigenvalue weighted by atomic mass is 16.7. The van der Waals surface area contributed by atoms with Crippen molar-refractivity contribution in [2.45, 2.75) is 6.10 Å². The fourth-order valence-corrected chi connectivity index (χ4v) is 0.329. The lowest BCUT2D eigenvalue weighted by molar-refractivity contribution is -0.113. The van der Waals surface area contributed by atoms with Gasteiger partial charge in [-0.15, -0.1) is 0 Å². The summed E-state index contributed by atoms with van der Waals surface area (Å²) in [4.78, 5) is 19.1. The van der Waals surface area contributed by atoms with E-state index in [0.717, 1.165) is 6.08 Å². The van der Waals surface area contributed by atoms with Gasteiger partial charge in [-0.25, -0.2) is 4.79 Å². The molecule has 6 nitrogen and oxygen atoms in total. The Kier molecular flexibility index (Phi) is 5.29. The van der Waals surface area contributed by atoms with Crippen molar-refractivity contribution >= 4 is 12.1 Å². The zero-order chi connectivity index (χ0) is 10.3. The lowest BCUT2D eigenvalue weighted by Crippen LogP contribution is -2.06. The van der Waals surface area contributed by atoms with Crippen LogP contribution in [0.25, 0.3) is 0 Å². The van der Waals surface area contributed by atoms with Crippen LogP contribution in [0.3, 0.4) is 0 Å². The first kappa shape index (κ1) is 11.4. The van der Waals surface area contributed by atoms with Crippen molar-refractivity contribution in [2.24, 2.45) is 5.73 Å². The zero-order valence-electron chi connectivity index (χ0n) is 6.93. The number of hydrogen-bond donors (Lipinski definition) is 2. The van der Waals surface area contributed by atoms with Crippen LogP contribution in [0.2, 0.25) is 0 Å². The van der Waals surface area contributed by atoms with Crippen LogP contribution in [0.15, 0.2) is 12.7 Å². The van der Waals surface area contributed by atoms with Gasteiger partial charge in [-0.1, -0.05) is 6.58 Å². The summed E-state index contributed by atoms with van der Waals surface area (Å²) in [7, 11) is 0. The van der Waals surface area contributed by atoms with Crippen molar-refractivity contribution in [3.8, 4) is 0 Å². The maximum absolute atomic E-state index is 9.65. The Balaban J connectivity index is 0.000000252. The van der Waals surface area contributed by atoms with Crippen molar-refractivity contribution in [1.82, 2.24) is 0 Å². The van der Waals surface area contributed by atoms with Crippen molar-refractivity contribution in [1.29, 1.82) is 0 Å². The van der Waals surface area contributed by atoms with E-state index >= 15 is 0 Å². The third-order valence-electron chi connectivity index (χ3n) is 0.996. The van der Waals surface area contributed by atoms with E-state index in [0.29, 0.717) is 6.61 Å². The molecule has 1 heterocycles. The predicted molar refractivity (Wildman–Crippen MR) is 43.1 cm³/mol. The van der Waals surface area contributed by atoms with E-state index in [1.54, 1.807) is 0 Å². The lowest BCUT2D eigenvalue weighted by atomic mass is 10.5. The summed E-state index contributed by atoms with van der Waals surface area (Å²) in [6.45, 7) is 3.89. The molecule has 1 saturated heterocycles. The number of hydrogen-bond acceptors (Lipinski definition) is 4. The van der Waals surface area contributed by atoms with E-state index < -0.39 is 12.1 Å². The second-order valence-electron chi connectivity index (χ2n) is 2.14. The minimum atomic E-state index is -1.24. The van der Waals surface area contributed by atoms with Gasteiger partial charge in [0, 0.05) is 0 Å². The maximum atomic E-state index is 9.65. The van der Waals surface area contributed by atoms with E-state index in [9.17, 15) is 9.59 Å². The van der Waals surface area contributed by atoms with Gasteiger partial charge in [0.2, 0.25) is 5.91 Å². The highest BCUT2D eigenvalue weighted by Gasteiger charge is 2.23. The van der Waals surface area contributed by atoms with E-state index in [1.807, 2.05) is 0 Å². The van der Waals surface area contributed by atoms with Gasteiger partial charge in [-0.3, -0.25) is 4.79 Å². The summed E-state index contributed by atoms with van der Waals surface area (Å²) in [6, 6.07) is 0. The molecule has 1 atom stereocenters. The molecular formula is C7H11NO5. The first-order valence-electron chi connectivity index (χ1n) is 3.45. The van der Waals surface area contributed by atoms with Crippen LogP contribution < -0.4 is 5.73 Å². The van der Waals surface area contributed by atoms with Gasteiger partial charge >= 0.3 is 6.16 Å². The van der Waals surface area contributed by atoms with Crippen LogP contribution in [0.1, 0.15) is 0 Å². The maximum Gasteiger partial charge on any atom is 0.505 e. The average Bonchev–Trinajstić information content (AvgIpc) is 2.85. The van der Waals surface area contributed by atoms with Crippen molar-refractivity contribution in [3.63, 3.8) is 0 Å². The van der Waals surface area contributed by atoms with Crippen molar-refractivity contribution in [2.75, 3.05) is 13.2 Å². The molecule has 1 amide bonds. The SMILES string of the molecule is C=CC(N)=O.O=C(O)OCC1CO1. The molecule has 1 rings (SSSR count). The van der Waals surface area contributed by atoms with Crippen LogP contribution in [0.4, 0.5) is 4.79 Å². The summed E-state index contributed by atoms with van der Waals surface area (Å²) in [6.07, 6.45) is -0.147. The number of ether oxygens (including phenoxy) is 2. The van der Waals surface area contributed by atoms with Crippen LogP contribution in [0, 0.1) is 0 Å². The quantitative estimate of drug-likeness (QED) is 0.361. The molecule has 0 aromatic carbocycles. The van der Waals surface area contributed by atoms with Gasteiger partial charge in [0.1, 0.15) is 12.7 Å². The number of amides is 1. The average molecular weight is 189 g/mol. The second-order valence-corrected chi connectivity index (χ2v) is 2.14. The number of epoxide rings is 1. The Morgan fingerprint density at radius 2 is 2.23 bits per heavy atom. The highest BCUT2D eigenvalue weighted by Crippen LogP contribution is 2.07. The number of primary amides is 1. The standard InChI is InChI=1S/C4H6O4.C3H5NO/c5-4(6)8-2-3-1-7-3;1-2-3(4)5/h3H,1-2H2,(H,5,6);2H,1H2,(H2,4,5). The van der Waals surface area contributed by atoms with Crippen LogP contribution >= 0.6 is 0 Å². The van der Waals surface area contributed by atoms with E-state index in [1.165, 1.54) is 0 Å². The van der Waals surface area contributed by atoms with Gasteiger partial charge in [0.15, 0.2) is 0 Å². The predicted octanol–water partition coefficient (Wildman–Crippen LogP) is -0.262. The van der Waals surface area contributed by atoms with Gasteiger partial charge in [0.05, 0.1) is 6.61 Å². The van der Waals surface area contributed by atoms with Gasteiger partial charge in [-0.2, -0.15) is 0 Å². The van der Waals surface area contributed by atoms with Gasteiger partial charge in [0.25, 0.3) is 0 Å². The molecule has 0 saturated carbocycles. The van der Waals surface area contributed by atoms with Crippen LogP contribution in [-0.2, 0) is 14.3 Å². The smallest absolute Gasteiger partial charge is 0.450 e. The first-order valence-corrected chi connectivity index (χ1v) is 3.45. The molecule has 0 radical (unpaired) electrons. The van der Waals surface area contributed by atoms with Gasteiger partial charge in [-0.05, 0) is 6.08 Å². The molecule has 0 aromatic heterocycles. The molecule has 1 fully saturated rings. The van der Waals surface area contributed by atoms with Crippen LogP contribution in [-0.4, -0.2) is 36.5 Å². The topological polar surface area (TPSA) is 102 Å². The van der Waals surface area contributed by atoms with Crippen molar-refractivity contribution < 1.29 is 24.2 Å². The number of nitrogens with two attached hydrogens (primary N) is 1. The van der Waals surface area contributed by atoms with E-state index in [4.69, 9.17) is 5.11 Å². The second kappa shape index (κ2) is 6.01. The summed E-state index contributed by atoms with van der Waals surface area (Å²) in [5.41, 5.74) is 4.53.